The van der Waals surface area contributed by atoms with Crippen molar-refractivity contribution in [1.82, 2.24) is 5.06 Å². The summed E-state index contributed by atoms with van der Waals surface area (Å²) in [5.74, 6) is 0. The van der Waals surface area contributed by atoms with Crippen molar-refractivity contribution in [2.45, 2.75) is 0 Å². The second kappa shape index (κ2) is 3.32. The molecule has 4 nitrogen and oxygen atoms in total. The summed E-state index contributed by atoms with van der Waals surface area (Å²) in [5.41, 5.74) is 0.479. The van der Waals surface area contributed by atoms with E-state index >= 15 is 0 Å². The first kappa shape index (κ1) is 7.97. The highest BCUT2D eigenvalue weighted by Gasteiger charge is 2.02. The lowest BCUT2D eigenvalue weighted by atomic mass is 10.2. The molecule has 0 unspecified atom stereocenters. The van der Waals surface area contributed by atoms with E-state index < -0.39 is 0 Å². The van der Waals surface area contributed by atoms with Gasteiger partial charge in [0, 0.05) is 18.0 Å². The van der Waals surface area contributed by atoms with Crippen LogP contribution in [-0.2, 0) is 0 Å². The molecule has 0 aromatic rings. The summed E-state index contributed by atoms with van der Waals surface area (Å²) >= 11 is 5.39. The second-order valence-electron chi connectivity index (χ2n) is 1.85. The lowest BCUT2D eigenvalue weighted by Gasteiger charge is -2.09. The standard InChI is InChI=1S/C6H5ClN2O2/c7-6(8-10)5-1-3-9(11)4-2-5/h1-4,11H. The fraction of sp³-hybridized carbons (Fsp3) is 0. The Kier molecular flexibility index (Phi) is 2.40. The van der Waals surface area contributed by atoms with Crippen molar-refractivity contribution < 1.29 is 5.21 Å². The van der Waals surface area contributed by atoms with Crippen LogP contribution in [-0.4, -0.2) is 10.3 Å². The quantitative estimate of drug-likeness (QED) is 0.486. The minimum Gasteiger partial charge on any atom is -0.285 e. The number of hydrogen-bond donors (Lipinski definition) is 1. The lowest BCUT2D eigenvalue weighted by molar-refractivity contribution is 0.0105. The van der Waals surface area contributed by atoms with Gasteiger partial charge in [-0.05, 0) is 17.3 Å². The van der Waals surface area contributed by atoms with Crippen LogP contribution >= 0.6 is 11.6 Å². The minimum atomic E-state index is -0.120. The van der Waals surface area contributed by atoms with Gasteiger partial charge in [0.25, 0.3) is 0 Å². The molecular formula is C6H5ClN2O2. The van der Waals surface area contributed by atoms with Gasteiger partial charge in [-0.3, -0.25) is 5.21 Å². The Morgan fingerprint density at radius 3 is 2.55 bits per heavy atom. The van der Waals surface area contributed by atoms with Gasteiger partial charge < -0.3 is 0 Å². The van der Waals surface area contributed by atoms with Gasteiger partial charge in [0.1, 0.15) is 0 Å². The number of nitroso groups, excluding NO2 is 1. The van der Waals surface area contributed by atoms with Crippen LogP contribution in [0.2, 0.25) is 0 Å². The molecule has 11 heavy (non-hydrogen) atoms. The average Bonchev–Trinajstić information content (AvgIpc) is 2.05. The highest BCUT2D eigenvalue weighted by atomic mass is 35.5. The Bertz CT molecular complexity index is 241. The summed E-state index contributed by atoms with van der Waals surface area (Å²) in [4.78, 5) is 9.90. The Hall–Kier alpha value is -1.13. The monoisotopic (exact) mass is 172 g/mol. The molecule has 1 rings (SSSR count). The van der Waals surface area contributed by atoms with Crippen molar-refractivity contribution in [3.8, 4) is 0 Å². The molecule has 0 aliphatic carbocycles. The first-order valence-corrected chi connectivity index (χ1v) is 3.18. The Labute approximate surface area is 68.0 Å². The normalized spacial score (nSPS) is 15.5. The van der Waals surface area contributed by atoms with Gasteiger partial charge >= 0.3 is 0 Å². The highest BCUT2D eigenvalue weighted by Crippen LogP contribution is 2.16. The lowest BCUT2D eigenvalue weighted by Crippen LogP contribution is -2.04. The first-order valence-electron chi connectivity index (χ1n) is 2.81. The molecule has 1 aliphatic rings. The number of hydrogen-bond acceptors (Lipinski definition) is 4. The van der Waals surface area contributed by atoms with Gasteiger partial charge in [0.15, 0.2) is 5.16 Å². The van der Waals surface area contributed by atoms with Gasteiger partial charge in [0.05, 0.1) is 0 Å². The minimum absolute atomic E-state index is 0.120. The zero-order chi connectivity index (χ0) is 8.27. The van der Waals surface area contributed by atoms with Gasteiger partial charge in [-0.2, -0.15) is 0 Å². The third-order valence-electron chi connectivity index (χ3n) is 1.13. The van der Waals surface area contributed by atoms with Crippen molar-refractivity contribution in [2.24, 2.45) is 5.18 Å². The van der Waals surface area contributed by atoms with Crippen molar-refractivity contribution in [3.05, 3.63) is 40.2 Å². The Morgan fingerprint density at radius 1 is 1.55 bits per heavy atom. The fourth-order valence-corrected chi connectivity index (χ4v) is 0.735. The van der Waals surface area contributed by atoms with E-state index in [-0.39, 0.29) is 5.16 Å². The van der Waals surface area contributed by atoms with E-state index in [2.05, 4.69) is 5.18 Å². The van der Waals surface area contributed by atoms with Gasteiger partial charge in [-0.15, -0.1) is 4.91 Å². The fourth-order valence-electron chi connectivity index (χ4n) is 0.609. The smallest absolute Gasteiger partial charge is 0.180 e. The third kappa shape index (κ3) is 1.89. The van der Waals surface area contributed by atoms with E-state index in [9.17, 15) is 4.91 Å². The second-order valence-corrected chi connectivity index (χ2v) is 2.21. The van der Waals surface area contributed by atoms with E-state index in [1.54, 1.807) is 0 Å². The summed E-state index contributed by atoms with van der Waals surface area (Å²) in [6, 6.07) is 0. The number of hydroxylamine groups is 2. The average molecular weight is 173 g/mol. The van der Waals surface area contributed by atoms with Crippen LogP contribution in [0.15, 0.2) is 40.5 Å². The zero-order valence-corrected chi connectivity index (χ0v) is 6.19. The molecule has 0 saturated heterocycles. The summed E-state index contributed by atoms with van der Waals surface area (Å²) in [6.45, 7) is 0. The maximum Gasteiger partial charge on any atom is 0.180 e. The molecule has 0 fully saturated rings. The molecule has 0 aromatic carbocycles. The Morgan fingerprint density at radius 2 is 2.09 bits per heavy atom. The van der Waals surface area contributed by atoms with Crippen molar-refractivity contribution in [2.75, 3.05) is 0 Å². The third-order valence-corrected chi connectivity index (χ3v) is 1.42. The number of allylic oxidation sites excluding steroid dienone is 3. The number of rotatable bonds is 1. The SMILES string of the molecule is O=NC(Cl)=C1C=CN(O)C=C1. The van der Waals surface area contributed by atoms with Crippen LogP contribution in [0.1, 0.15) is 0 Å². The van der Waals surface area contributed by atoms with Gasteiger partial charge in [-0.25, -0.2) is 5.06 Å². The summed E-state index contributed by atoms with van der Waals surface area (Å²) in [6.07, 6.45) is 5.65. The maximum atomic E-state index is 9.90. The molecule has 0 amide bonds. The van der Waals surface area contributed by atoms with Crippen LogP contribution in [0.3, 0.4) is 0 Å². The van der Waals surface area contributed by atoms with E-state index in [4.69, 9.17) is 16.8 Å². The van der Waals surface area contributed by atoms with Crippen LogP contribution in [0.5, 0.6) is 0 Å². The maximum absolute atomic E-state index is 9.90. The van der Waals surface area contributed by atoms with E-state index in [1.807, 2.05) is 0 Å². The topological polar surface area (TPSA) is 52.9 Å². The molecule has 0 atom stereocenters. The van der Waals surface area contributed by atoms with Crippen LogP contribution < -0.4 is 0 Å². The summed E-state index contributed by atoms with van der Waals surface area (Å²) in [5, 5.41) is 12.0. The molecule has 0 aromatic heterocycles. The van der Waals surface area contributed by atoms with Crippen molar-refractivity contribution in [3.63, 3.8) is 0 Å². The van der Waals surface area contributed by atoms with Crippen molar-refractivity contribution >= 4 is 11.6 Å². The Balaban J connectivity index is 2.87. The van der Waals surface area contributed by atoms with Gasteiger partial charge in [-0.1, -0.05) is 11.6 Å². The van der Waals surface area contributed by atoms with Gasteiger partial charge in [0.2, 0.25) is 0 Å². The molecule has 0 radical (unpaired) electrons. The van der Waals surface area contributed by atoms with Crippen LogP contribution in [0.25, 0.3) is 0 Å². The molecule has 1 aliphatic heterocycles. The molecule has 0 saturated carbocycles. The molecule has 5 heteroatoms. The summed E-state index contributed by atoms with van der Waals surface area (Å²) < 4.78 is 0. The predicted octanol–water partition coefficient (Wildman–Crippen LogP) is 1.94. The van der Waals surface area contributed by atoms with Crippen molar-refractivity contribution in [1.29, 1.82) is 0 Å². The molecule has 0 spiro atoms. The van der Waals surface area contributed by atoms with E-state index in [1.165, 1.54) is 24.6 Å². The molecule has 1 heterocycles. The molecular weight excluding hydrogens is 168 g/mol. The van der Waals surface area contributed by atoms with E-state index in [0.717, 1.165) is 5.06 Å². The molecule has 58 valence electrons. The largest absolute Gasteiger partial charge is 0.285 e. The summed E-state index contributed by atoms with van der Waals surface area (Å²) in [7, 11) is 0. The molecule has 1 N–H and O–H groups in total. The number of nitrogens with zero attached hydrogens (tertiary/aromatic N) is 2. The highest BCUT2D eigenvalue weighted by molar-refractivity contribution is 6.30. The number of halogens is 1. The van der Waals surface area contributed by atoms with Crippen LogP contribution in [0.4, 0.5) is 0 Å². The molecule has 0 bridgehead atoms. The van der Waals surface area contributed by atoms with Crippen LogP contribution in [0, 0.1) is 4.91 Å². The zero-order valence-electron chi connectivity index (χ0n) is 5.44. The van der Waals surface area contributed by atoms with E-state index in [0.29, 0.717) is 5.57 Å². The first-order chi connectivity index (χ1) is 5.24. The predicted molar refractivity (Wildman–Crippen MR) is 40.6 cm³/mol.